The van der Waals surface area contributed by atoms with Gasteiger partial charge in [-0.2, -0.15) is 11.8 Å². The monoisotopic (exact) mass is 296 g/mol. The number of carbonyl (C=O) groups excluding carboxylic acids is 1. The summed E-state index contributed by atoms with van der Waals surface area (Å²) in [5.41, 5.74) is 2.60. The standard InChI is InChI=1S/C14H20N2O3S/c1-9-5-4-6-10(2)12(9)16-14(19)15-11(13(17)18)7-8-20-3/h4-6,11H,7-8H2,1-3H3,(H,17,18)(H2,15,16,19). The third kappa shape index (κ3) is 4.77. The quantitative estimate of drug-likeness (QED) is 0.754. The Morgan fingerprint density at radius 1 is 1.30 bits per heavy atom. The van der Waals surface area contributed by atoms with Crippen LogP contribution in [0.25, 0.3) is 0 Å². The van der Waals surface area contributed by atoms with Crippen molar-refractivity contribution in [3.8, 4) is 0 Å². The van der Waals surface area contributed by atoms with Crippen LogP contribution in [-0.4, -0.2) is 35.2 Å². The van der Waals surface area contributed by atoms with E-state index < -0.39 is 18.0 Å². The van der Waals surface area contributed by atoms with E-state index in [0.29, 0.717) is 12.2 Å². The Morgan fingerprint density at radius 3 is 2.40 bits per heavy atom. The van der Waals surface area contributed by atoms with E-state index in [9.17, 15) is 9.59 Å². The molecule has 0 aliphatic carbocycles. The molecule has 0 saturated carbocycles. The first-order valence-electron chi connectivity index (χ1n) is 6.31. The molecule has 0 spiro atoms. The van der Waals surface area contributed by atoms with Gasteiger partial charge in [-0.25, -0.2) is 9.59 Å². The van der Waals surface area contributed by atoms with Gasteiger partial charge in [0.25, 0.3) is 0 Å². The number of aryl methyl sites for hydroxylation is 2. The fraction of sp³-hybridized carbons (Fsp3) is 0.429. The molecule has 110 valence electrons. The maximum Gasteiger partial charge on any atom is 0.326 e. The van der Waals surface area contributed by atoms with Crippen LogP contribution in [0.15, 0.2) is 18.2 Å². The number of nitrogens with one attached hydrogen (secondary N) is 2. The van der Waals surface area contributed by atoms with E-state index in [1.54, 1.807) is 11.8 Å². The SMILES string of the molecule is CSCCC(NC(=O)Nc1c(C)cccc1C)C(=O)O. The van der Waals surface area contributed by atoms with Gasteiger partial charge >= 0.3 is 12.0 Å². The fourth-order valence-electron chi connectivity index (χ4n) is 1.81. The number of benzene rings is 1. The lowest BCUT2D eigenvalue weighted by Gasteiger charge is -2.16. The Balaban J connectivity index is 2.68. The van der Waals surface area contributed by atoms with Crippen LogP contribution in [0.5, 0.6) is 0 Å². The first-order chi connectivity index (χ1) is 9.45. The zero-order chi connectivity index (χ0) is 15.1. The Labute approximate surface area is 123 Å². The van der Waals surface area contributed by atoms with Crippen LogP contribution in [0.3, 0.4) is 0 Å². The number of para-hydroxylation sites is 1. The van der Waals surface area contributed by atoms with Crippen LogP contribution < -0.4 is 10.6 Å². The third-order valence-electron chi connectivity index (χ3n) is 2.93. The summed E-state index contributed by atoms with van der Waals surface area (Å²) in [7, 11) is 0. The van der Waals surface area contributed by atoms with E-state index in [1.807, 2.05) is 38.3 Å². The Hall–Kier alpha value is -1.69. The lowest BCUT2D eigenvalue weighted by Crippen LogP contribution is -2.43. The number of thioether (sulfide) groups is 1. The molecule has 6 heteroatoms. The van der Waals surface area contributed by atoms with Crippen LogP contribution in [0.1, 0.15) is 17.5 Å². The molecule has 0 aliphatic rings. The van der Waals surface area contributed by atoms with Gasteiger partial charge in [-0.1, -0.05) is 18.2 Å². The van der Waals surface area contributed by atoms with Crippen molar-refractivity contribution in [2.75, 3.05) is 17.3 Å². The number of aliphatic carboxylic acids is 1. The second kappa shape index (κ2) is 7.79. The number of anilines is 1. The van der Waals surface area contributed by atoms with Gasteiger partial charge in [-0.3, -0.25) is 0 Å². The number of carbonyl (C=O) groups is 2. The van der Waals surface area contributed by atoms with Crippen molar-refractivity contribution in [2.24, 2.45) is 0 Å². The van der Waals surface area contributed by atoms with Crippen LogP contribution in [0, 0.1) is 13.8 Å². The Bertz CT molecular complexity index is 471. The number of hydrogen-bond acceptors (Lipinski definition) is 3. The summed E-state index contributed by atoms with van der Waals surface area (Å²) in [6.45, 7) is 3.79. The maximum atomic E-state index is 11.9. The largest absolute Gasteiger partial charge is 0.480 e. The second-order valence-electron chi connectivity index (χ2n) is 4.54. The molecule has 0 aliphatic heterocycles. The molecule has 2 amide bonds. The Morgan fingerprint density at radius 2 is 1.90 bits per heavy atom. The van der Waals surface area contributed by atoms with Crippen molar-refractivity contribution in [1.82, 2.24) is 5.32 Å². The van der Waals surface area contributed by atoms with E-state index in [1.165, 1.54) is 0 Å². The molecule has 0 heterocycles. The number of carboxylic acids is 1. The van der Waals surface area contributed by atoms with E-state index in [2.05, 4.69) is 10.6 Å². The maximum absolute atomic E-state index is 11.9. The molecule has 1 aromatic rings. The second-order valence-corrected chi connectivity index (χ2v) is 5.52. The average molecular weight is 296 g/mol. The minimum absolute atomic E-state index is 0.399. The van der Waals surface area contributed by atoms with E-state index in [4.69, 9.17) is 5.11 Å². The first kappa shape index (κ1) is 16.4. The zero-order valence-electron chi connectivity index (χ0n) is 11.9. The van der Waals surface area contributed by atoms with Gasteiger partial charge in [0, 0.05) is 5.69 Å². The fourth-order valence-corrected chi connectivity index (χ4v) is 2.28. The average Bonchev–Trinajstić information content (AvgIpc) is 2.38. The third-order valence-corrected chi connectivity index (χ3v) is 3.58. The zero-order valence-corrected chi connectivity index (χ0v) is 12.7. The van der Waals surface area contributed by atoms with Crippen LogP contribution >= 0.6 is 11.8 Å². The molecule has 3 N–H and O–H groups in total. The minimum Gasteiger partial charge on any atom is -0.480 e. The van der Waals surface area contributed by atoms with Crippen LogP contribution in [0.2, 0.25) is 0 Å². The highest BCUT2D eigenvalue weighted by Gasteiger charge is 2.19. The van der Waals surface area contributed by atoms with Crippen molar-refractivity contribution in [2.45, 2.75) is 26.3 Å². The molecule has 1 atom stereocenters. The molecule has 5 nitrogen and oxygen atoms in total. The van der Waals surface area contributed by atoms with Crippen LogP contribution in [-0.2, 0) is 4.79 Å². The van der Waals surface area contributed by atoms with Gasteiger partial charge < -0.3 is 15.7 Å². The normalized spacial score (nSPS) is 11.8. The van der Waals surface area contributed by atoms with Crippen molar-refractivity contribution >= 4 is 29.4 Å². The summed E-state index contributed by atoms with van der Waals surface area (Å²) in [6, 6.07) is 4.34. The van der Waals surface area contributed by atoms with Gasteiger partial charge in [0.1, 0.15) is 6.04 Å². The summed E-state index contributed by atoms with van der Waals surface area (Å²) in [5, 5.41) is 14.3. The van der Waals surface area contributed by atoms with E-state index in [0.717, 1.165) is 16.8 Å². The van der Waals surface area contributed by atoms with E-state index >= 15 is 0 Å². The summed E-state index contributed by atoms with van der Waals surface area (Å²) in [6.07, 6.45) is 2.30. The summed E-state index contributed by atoms with van der Waals surface area (Å²) < 4.78 is 0. The van der Waals surface area contributed by atoms with Crippen molar-refractivity contribution in [3.05, 3.63) is 29.3 Å². The number of carboxylic acid groups (broad SMARTS) is 1. The van der Waals surface area contributed by atoms with Gasteiger partial charge in [0.05, 0.1) is 0 Å². The highest BCUT2D eigenvalue weighted by Crippen LogP contribution is 2.19. The van der Waals surface area contributed by atoms with Gasteiger partial charge in [-0.15, -0.1) is 0 Å². The number of hydrogen-bond donors (Lipinski definition) is 3. The molecule has 0 saturated heterocycles. The molecule has 0 radical (unpaired) electrons. The predicted molar refractivity (Wildman–Crippen MR) is 82.5 cm³/mol. The van der Waals surface area contributed by atoms with E-state index in [-0.39, 0.29) is 0 Å². The van der Waals surface area contributed by atoms with Gasteiger partial charge in [-0.05, 0) is 43.4 Å². The molecule has 0 bridgehead atoms. The topological polar surface area (TPSA) is 78.4 Å². The number of rotatable bonds is 6. The lowest BCUT2D eigenvalue weighted by atomic mass is 10.1. The summed E-state index contributed by atoms with van der Waals surface area (Å²) in [4.78, 5) is 23.0. The van der Waals surface area contributed by atoms with Crippen molar-refractivity contribution < 1.29 is 14.7 Å². The minimum atomic E-state index is -1.02. The van der Waals surface area contributed by atoms with Crippen molar-refractivity contribution in [3.63, 3.8) is 0 Å². The summed E-state index contributed by atoms with van der Waals surface area (Å²) >= 11 is 1.55. The highest BCUT2D eigenvalue weighted by atomic mass is 32.2. The number of urea groups is 1. The smallest absolute Gasteiger partial charge is 0.326 e. The molecule has 1 unspecified atom stereocenters. The molecular formula is C14H20N2O3S. The first-order valence-corrected chi connectivity index (χ1v) is 7.70. The predicted octanol–water partition coefficient (Wildman–Crippen LogP) is 2.63. The van der Waals surface area contributed by atoms with Gasteiger partial charge in [0.2, 0.25) is 0 Å². The molecule has 1 rings (SSSR count). The Kier molecular flexibility index (Phi) is 6.38. The summed E-state index contributed by atoms with van der Waals surface area (Å²) in [5.74, 6) is -0.337. The molecule has 0 fully saturated rings. The molecule has 1 aromatic carbocycles. The van der Waals surface area contributed by atoms with Crippen molar-refractivity contribution in [1.29, 1.82) is 0 Å². The van der Waals surface area contributed by atoms with Crippen LogP contribution in [0.4, 0.5) is 10.5 Å². The van der Waals surface area contributed by atoms with Gasteiger partial charge in [0.15, 0.2) is 0 Å². The number of amides is 2. The molecule has 20 heavy (non-hydrogen) atoms. The molecule has 0 aromatic heterocycles. The lowest BCUT2D eigenvalue weighted by molar-refractivity contribution is -0.139. The highest BCUT2D eigenvalue weighted by molar-refractivity contribution is 7.98. The molecular weight excluding hydrogens is 276 g/mol.